The van der Waals surface area contributed by atoms with Gasteiger partial charge in [0.05, 0.1) is 12.6 Å². The van der Waals surface area contributed by atoms with Crippen molar-refractivity contribution in [2.45, 2.75) is 24.4 Å². The maximum atomic E-state index is 10.7. The van der Waals surface area contributed by atoms with E-state index in [1.807, 2.05) is 0 Å². The standard InChI is InChI=1S/C6H12NO13S3/c8-5-4(2-19-22(12,13)14)18-1-3(7-21(9,10)11)6(5)20-23(15,16)17/h1,3-8H,2H2,(H,9,10,11)(H,12,13,14)(H,15,16,17)/t3-,4-,5-,6-/m1/s1. The molecule has 14 nitrogen and oxygen atoms in total. The Morgan fingerprint density at radius 3 is 2.04 bits per heavy atom. The average Bonchev–Trinajstić information content (AvgIpc) is 2.28. The fourth-order valence-corrected chi connectivity index (χ4v) is 2.94. The van der Waals surface area contributed by atoms with Crippen LogP contribution >= 0.6 is 0 Å². The third-order valence-corrected chi connectivity index (χ3v) is 3.84. The number of aliphatic hydroxyl groups is 1. The predicted molar refractivity (Wildman–Crippen MR) is 67.6 cm³/mol. The summed E-state index contributed by atoms with van der Waals surface area (Å²) in [6, 6.07) is -1.77. The molecule has 4 atom stereocenters. The molecule has 0 aromatic heterocycles. The summed E-state index contributed by atoms with van der Waals surface area (Å²) in [4.78, 5) is 0. The second-order valence-electron chi connectivity index (χ2n) is 4.12. The lowest BCUT2D eigenvalue weighted by Crippen LogP contribution is -2.59. The second-order valence-corrected chi connectivity index (χ2v) is 7.45. The molecule has 0 saturated carbocycles. The molecule has 137 valence electrons. The first-order valence-electron chi connectivity index (χ1n) is 5.37. The molecule has 0 amide bonds. The van der Waals surface area contributed by atoms with Crippen molar-refractivity contribution in [1.82, 2.24) is 4.72 Å². The molecule has 1 rings (SSSR count). The Kier molecular flexibility index (Phi) is 6.43. The predicted octanol–water partition coefficient (Wildman–Crippen LogP) is -3.32. The minimum Gasteiger partial charge on any atom is -0.387 e. The summed E-state index contributed by atoms with van der Waals surface area (Å²) in [5.74, 6) is 0. The highest BCUT2D eigenvalue weighted by atomic mass is 32.3. The third kappa shape index (κ3) is 7.76. The van der Waals surface area contributed by atoms with Gasteiger partial charge in [0.2, 0.25) is 0 Å². The topological polar surface area (TPSA) is 223 Å². The molecule has 0 aliphatic carbocycles. The van der Waals surface area contributed by atoms with Crippen molar-refractivity contribution < 1.29 is 57.1 Å². The van der Waals surface area contributed by atoms with Crippen molar-refractivity contribution in [3.8, 4) is 0 Å². The zero-order valence-electron chi connectivity index (χ0n) is 10.8. The first-order chi connectivity index (χ1) is 10.2. The van der Waals surface area contributed by atoms with Gasteiger partial charge >= 0.3 is 31.1 Å². The van der Waals surface area contributed by atoms with Gasteiger partial charge in [-0.2, -0.15) is 30.0 Å². The molecule has 1 fully saturated rings. The Balaban J connectivity index is 2.95. The van der Waals surface area contributed by atoms with Gasteiger partial charge in [0.25, 0.3) is 0 Å². The molecule has 1 radical (unpaired) electrons. The van der Waals surface area contributed by atoms with Gasteiger partial charge in [-0.25, -0.2) is 8.37 Å². The first-order valence-corrected chi connectivity index (χ1v) is 9.54. The molecule has 1 saturated heterocycles. The van der Waals surface area contributed by atoms with Crippen LogP contribution in [0.4, 0.5) is 0 Å². The van der Waals surface area contributed by atoms with Crippen LogP contribution in [0.5, 0.6) is 0 Å². The number of hydrogen-bond acceptors (Lipinski definition) is 10. The van der Waals surface area contributed by atoms with Gasteiger partial charge < -0.3 is 9.84 Å². The molecular formula is C6H12NO13S3. The fraction of sp³-hybridized carbons (Fsp3) is 0.833. The molecule has 1 heterocycles. The molecule has 1 aliphatic heterocycles. The first kappa shape index (κ1) is 20.6. The summed E-state index contributed by atoms with van der Waals surface area (Å²) in [6.07, 6.45) is -5.72. The minimum atomic E-state index is -5.17. The highest BCUT2D eigenvalue weighted by Crippen LogP contribution is 2.23. The summed E-state index contributed by atoms with van der Waals surface area (Å²) in [5, 5.41) is 9.84. The van der Waals surface area contributed by atoms with Crippen molar-refractivity contribution in [2.75, 3.05) is 6.61 Å². The van der Waals surface area contributed by atoms with Gasteiger partial charge in [0.15, 0.2) is 0 Å². The van der Waals surface area contributed by atoms with E-state index >= 15 is 0 Å². The summed E-state index contributed by atoms with van der Waals surface area (Å²) in [6.45, 7) is -0.450. The molecule has 5 N–H and O–H groups in total. The lowest BCUT2D eigenvalue weighted by atomic mass is 9.99. The zero-order chi connectivity index (χ0) is 18.1. The lowest BCUT2D eigenvalue weighted by Gasteiger charge is -2.37. The van der Waals surface area contributed by atoms with Gasteiger partial charge in [0, 0.05) is 0 Å². The van der Waals surface area contributed by atoms with Crippen molar-refractivity contribution in [1.29, 1.82) is 0 Å². The van der Waals surface area contributed by atoms with Crippen LogP contribution in [0.1, 0.15) is 0 Å². The summed E-state index contributed by atoms with van der Waals surface area (Å²) >= 11 is 0. The monoisotopic (exact) mass is 402 g/mol. The van der Waals surface area contributed by atoms with Gasteiger partial charge in [-0.05, 0) is 0 Å². The van der Waals surface area contributed by atoms with E-state index in [0.29, 0.717) is 6.61 Å². The van der Waals surface area contributed by atoms with Crippen molar-refractivity contribution in [3.63, 3.8) is 0 Å². The van der Waals surface area contributed by atoms with Crippen LogP contribution < -0.4 is 4.72 Å². The zero-order valence-corrected chi connectivity index (χ0v) is 13.2. The van der Waals surface area contributed by atoms with E-state index in [1.54, 1.807) is 0 Å². The summed E-state index contributed by atoms with van der Waals surface area (Å²) < 4.78 is 104. The molecule has 1 aliphatic rings. The Bertz CT molecular complexity index is 711. The van der Waals surface area contributed by atoms with E-state index in [2.05, 4.69) is 8.37 Å². The smallest absolute Gasteiger partial charge is 0.387 e. The molecule has 0 aromatic carbocycles. The fourth-order valence-electron chi connectivity index (χ4n) is 1.58. The maximum absolute atomic E-state index is 10.7. The molecule has 0 aromatic rings. The molecule has 23 heavy (non-hydrogen) atoms. The van der Waals surface area contributed by atoms with Gasteiger partial charge in [-0.3, -0.25) is 13.7 Å². The highest BCUT2D eigenvalue weighted by molar-refractivity contribution is 7.83. The SMILES string of the molecule is O=S(=O)(O)N[C@@H]1[CH]O[C@H](COS(=O)(=O)O)[C@@H](O)[C@@H]1OS(=O)(=O)O. The van der Waals surface area contributed by atoms with E-state index in [1.165, 1.54) is 4.72 Å². The van der Waals surface area contributed by atoms with Crippen LogP contribution in [-0.2, 0) is 44.2 Å². The lowest BCUT2D eigenvalue weighted by molar-refractivity contribution is -0.124. The largest absolute Gasteiger partial charge is 0.397 e. The van der Waals surface area contributed by atoms with Gasteiger partial charge in [0.1, 0.15) is 24.9 Å². The Morgan fingerprint density at radius 1 is 1.04 bits per heavy atom. The highest BCUT2D eigenvalue weighted by Gasteiger charge is 2.45. The Morgan fingerprint density at radius 2 is 1.61 bits per heavy atom. The minimum absolute atomic E-state index is 0.550. The van der Waals surface area contributed by atoms with Crippen LogP contribution in [0.3, 0.4) is 0 Å². The maximum Gasteiger partial charge on any atom is 0.397 e. The van der Waals surface area contributed by atoms with Crippen LogP contribution in [-0.4, -0.2) is 75.0 Å². The Labute approximate surface area is 131 Å². The van der Waals surface area contributed by atoms with E-state index in [4.69, 9.17) is 18.4 Å². The van der Waals surface area contributed by atoms with Crippen LogP contribution in [0, 0.1) is 6.61 Å². The van der Waals surface area contributed by atoms with Crippen LogP contribution in [0.25, 0.3) is 0 Å². The summed E-state index contributed by atoms with van der Waals surface area (Å²) in [7, 11) is -15.0. The molecular weight excluding hydrogens is 390 g/mol. The van der Waals surface area contributed by atoms with Crippen molar-refractivity contribution in [2.24, 2.45) is 0 Å². The molecule has 0 spiro atoms. The van der Waals surface area contributed by atoms with E-state index < -0.39 is 62.1 Å². The van der Waals surface area contributed by atoms with Crippen molar-refractivity contribution in [3.05, 3.63) is 6.61 Å². The molecule has 0 bridgehead atoms. The second kappa shape index (κ2) is 7.19. The quantitative estimate of drug-likeness (QED) is 0.263. The van der Waals surface area contributed by atoms with Gasteiger partial charge in [-0.15, -0.1) is 0 Å². The number of ether oxygens (including phenoxy) is 1. The molecule has 0 unspecified atom stereocenters. The van der Waals surface area contributed by atoms with Crippen molar-refractivity contribution >= 4 is 31.1 Å². The normalized spacial score (nSPS) is 30.3. The molecule has 17 heteroatoms. The summed E-state index contributed by atoms with van der Waals surface area (Å²) in [5.41, 5.74) is 0. The van der Waals surface area contributed by atoms with Crippen LogP contribution in [0.2, 0.25) is 0 Å². The third-order valence-electron chi connectivity index (χ3n) is 2.37. The Hall–Kier alpha value is -0.470. The average molecular weight is 402 g/mol. The number of nitrogens with one attached hydrogen (secondary N) is 1. The van der Waals surface area contributed by atoms with E-state index in [-0.39, 0.29) is 0 Å². The number of hydrogen-bond donors (Lipinski definition) is 5. The van der Waals surface area contributed by atoms with Gasteiger partial charge in [-0.1, -0.05) is 0 Å². The van der Waals surface area contributed by atoms with E-state index in [9.17, 15) is 30.4 Å². The van der Waals surface area contributed by atoms with Crippen LogP contribution in [0.15, 0.2) is 0 Å². The number of rotatable bonds is 7. The van der Waals surface area contributed by atoms with E-state index in [0.717, 1.165) is 0 Å². The number of aliphatic hydroxyl groups excluding tert-OH is 1.